The molecule has 1 aliphatic rings. The molecular formula is C18H10F6N2O3. The first kappa shape index (κ1) is 20.3. The molecule has 0 radical (unpaired) electrons. The summed E-state index contributed by atoms with van der Waals surface area (Å²) in [5, 5.41) is 9.18. The van der Waals surface area contributed by atoms with Gasteiger partial charge >= 0.3 is 12.7 Å². The lowest BCUT2D eigenvalue weighted by molar-refractivity contribution is -0.275. The Bertz CT molecular complexity index is 977. The second-order valence-electron chi connectivity index (χ2n) is 6.02. The van der Waals surface area contributed by atoms with E-state index in [9.17, 15) is 36.4 Å². The number of carbonyl (C=O) groups excluding carboxylic acids is 1. The summed E-state index contributed by atoms with van der Waals surface area (Å²) < 4.78 is 81.5. The summed E-state index contributed by atoms with van der Waals surface area (Å²) >= 11 is 0. The molecular weight excluding hydrogens is 406 g/mol. The lowest BCUT2D eigenvalue weighted by Gasteiger charge is -2.16. The van der Waals surface area contributed by atoms with Crippen LogP contribution in [0, 0.1) is 11.3 Å². The van der Waals surface area contributed by atoms with E-state index in [2.05, 4.69) is 9.47 Å². The molecule has 0 atom stereocenters. The van der Waals surface area contributed by atoms with Crippen molar-refractivity contribution in [2.75, 3.05) is 0 Å². The molecule has 0 aromatic heterocycles. The molecule has 0 N–H and O–H groups in total. The molecule has 5 nitrogen and oxygen atoms in total. The maximum atomic E-state index is 12.6. The molecule has 1 aliphatic heterocycles. The summed E-state index contributed by atoms with van der Waals surface area (Å²) in [7, 11) is 0. The van der Waals surface area contributed by atoms with E-state index in [1.54, 1.807) is 6.07 Å². The number of benzene rings is 2. The highest BCUT2D eigenvalue weighted by molar-refractivity contribution is 6.00. The van der Waals surface area contributed by atoms with Crippen molar-refractivity contribution in [2.45, 2.75) is 25.8 Å². The number of nitriles is 1. The minimum absolute atomic E-state index is 0.0276. The average molecular weight is 416 g/mol. The van der Waals surface area contributed by atoms with Gasteiger partial charge in [-0.05, 0) is 35.4 Å². The van der Waals surface area contributed by atoms with Crippen LogP contribution < -0.4 is 9.47 Å². The van der Waals surface area contributed by atoms with Crippen LogP contribution in [0.5, 0.6) is 11.5 Å². The molecule has 1 amide bonds. The number of alkyl halides is 6. The van der Waals surface area contributed by atoms with Gasteiger partial charge < -0.3 is 14.4 Å². The number of rotatable bonds is 4. The Morgan fingerprint density at radius 2 is 1.55 bits per heavy atom. The largest absolute Gasteiger partial charge is 0.573 e. The monoisotopic (exact) mass is 416 g/mol. The summed E-state index contributed by atoms with van der Waals surface area (Å²) in [5.41, 5.74) is 0.360. The maximum Gasteiger partial charge on any atom is 0.573 e. The Kier molecular flexibility index (Phi) is 5.04. The van der Waals surface area contributed by atoms with E-state index in [0.717, 1.165) is 24.3 Å². The summed E-state index contributed by atoms with van der Waals surface area (Å²) in [6, 6.07) is 8.33. The normalized spacial score (nSPS) is 13.8. The van der Waals surface area contributed by atoms with Gasteiger partial charge in [0.15, 0.2) is 0 Å². The number of hydrogen-bond acceptors (Lipinski definition) is 4. The average Bonchev–Trinajstić information content (AvgIpc) is 2.89. The van der Waals surface area contributed by atoms with Crippen LogP contribution in [-0.2, 0) is 13.1 Å². The van der Waals surface area contributed by atoms with Crippen LogP contribution in [0.1, 0.15) is 27.0 Å². The Morgan fingerprint density at radius 3 is 2.10 bits per heavy atom. The first-order valence-corrected chi connectivity index (χ1v) is 7.92. The molecule has 0 spiro atoms. The van der Waals surface area contributed by atoms with Crippen molar-refractivity contribution in [1.29, 1.82) is 5.26 Å². The summed E-state index contributed by atoms with van der Waals surface area (Å²) in [4.78, 5) is 13.8. The van der Waals surface area contributed by atoms with Gasteiger partial charge in [0.1, 0.15) is 17.6 Å². The van der Waals surface area contributed by atoms with Crippen molar-refractivity contribution >= 4 is 5.91 Å². The third-order valence-electron chi connectivity index (χ3n) is 3.94. The number of fused-ring (bicyclic) bond motifs is 1. The van der Waals surface area contributed by atoms with E-state index in [-0.39, 0.29) is 29.8 Å². The highest BCUT2D eigenvalue weighted by Crippen LogP contribution is 2.33. The predicted molar refractivity (Wildman–Crippen MR) is 84.5 cm³/mol. The van der Waals surface area contributed by atoms with Crippen molar-refractivity contribution in [2.24, 2.45) is 0 Å². The van der Waals surface area contributed by atoms with Crippen molar-refractivity contribution in [3.8, 4) is 17.6 Å². The molecule has 0 bridgehead atoms. The van der Waals surface area contributed by atoms with E-state index in [4.69, 9.17) is 0 Å². The van der Waals surface area contributed by atoms with E-state index in [1.165, 1.54) is 17.0 Å². The molecule has 0 saturated heterocycles. The van der Waals surface area contributed by atoms with E-state index in [1.807, 2.05) is 0 Å². The van der Waals surface area contributed by atoms with Gasteiger partial charge in [0.05, 0.1) is 11.1 Å². The van der Waals surface area contributed by atoms with E-state index >= 15 is 0 Å². The predicted octanol–water partition coefficient (Wildman–Crippen LogP) is 4.51. The Balaban J connectivity index is 1.79. The van der Waals surface area contributed by atoms with E-state index in [0.29, 0.717) is 5.56 Å². The first-order valence-electron chi connectivity index (χ1n) is 7.92. The van der Waals surface area contributed by atoms with Gasteiger partial charge in [-0.1, -0.05) is 12.1 Å². The van der Waals surface area contributed by atoms with Gasteiger partial charge in [-0.3, -0.25) is 4.79 Å². The van der Waals surface area contributed by atoms with Crippen molar-refractivity contribution < 1.29 is 40.6 Å². The topological polar surface area (TPSA) is 62.6 Å². The van der Waals surface area contributed by atoms with Gasteiger partial charge in [-0.15, -0.1) is 26.3 Å². The smallest absolute Gasteiger partial charge is 0.406 e. The molecule has 0 fully saturated rings. The van der Waals surface area contributed by atoms with Crippen LogP contribution in [-0.4, -0.2) is 23.5 Å². The zero-order chi connectivity index (χ0) is 21.4. The molecule has 29 heavy (non-hydrogen) atoms. The Hall–Kier alpha value is -3.42. The van der Waals surface area contributed by atoms with Crippen molar-refractivity contribution in [3.05, 3.63) is 58.7 Å². The van der Waals surface area contributed by atoms with Gasteiger partial charge in [-0.25, -0.2) is 0 Å². The molecule has 11 heteroatoms. The minimum atomic E-state index is -4.95. The molecule has 0 unspecified atom stereocenters. The van der Waals surface area contributed by atoms with Gasteiger partial charge in [-0.2, -0.15) is 5.26 Å². The number of nitrogens with zero attached hydrogens (tertiary/aromatic N) is 2. The van der Waals surface area contributed by atoms with Crippen LogP contribution in [0.4, 0.5) is 26.3 Å². The fraction of sp³-hybridized carbons (Fsp3) is 0.222. The van der Waals surface area contributed by atoms with Crippen molar-refractivity contribution in [3.63, 3.8) is 0 Å². The number of ether oxygens (including phenoxy) is 2. The molecule has 2 aromatic rings. The van der Waals surface area contributed by atoms with Crippen LogP contribution in [0.15, 0.2) is 36.4 Å². The highest BCUT2D eigenvalue weighted by Gasteiger charge is 2.35. The van der Waals surface area contributed by atoms with E-state index < -0.39 is 30.1 Å². The highest BCUT2D eigenvalue weighted by atomic mass is 19.4. The summed E-state index contributed by atoms with van der Waals surface area (Å²) in [6.07, 6.45) is -9.79. The number of carbonyl (C=O) groups is 1. The lowest BCUT2D eigenvalue weighted by Crippen LogP contribution is -2.23. The summed E-state index contributed by atoms with van der Waals surface area (Å²) in [6.45, 7) is -0.112. The molecule has 2 aromatic carbocycles. The first-order chi connectivity index (χ1) is 13.4. The standard InChI is InChI=1S/C18H10F6N2O3/c19-17(20,21)28-13-3-1-10(2-4-13)8-26-9-12-6-14(29-18(22,23)24)5-11(7-25)15(12)16(26)27/h1-6H,8-9H2. The van der Waals surface area contributed by atoms with Gasteiger partial charge in [0.25, 0.3) is 5.91 Å². The third-order valence-corrected chi connectivity index (χ3v) is 3.94. The van der Waals surface area contributed by atoms with Gasteiger partial charge in [0.2, 0.25) is 0 Å². The Morgan fingerprint density at radius 1 is 0.966 bits per heavy atom. The molecule has 1 heterocycles. The molecule has 152 valence electrons. The fourth-order valence-corrected chi connectivity index (χ4v) is 2.91. The fourth-order valence-electron chi connectivity index (χ4n) is 2.91. The van der Waals surface area contributed by atoms with Gasteiger partial charge in [0, 0.05) is 13.1 Å². The lowest BCUT2D eigenvalue weighted by atomic mass is 10.0. The number of hydrogen-bond donors (Lipinski definition) is 0. The maximum absolute atomic E-state index is 12.6. The van der Waals surface area contributed by atoms with Crippen LogP contribution >= 0.6 is 0 Å². The van der Waals surface area contributed by atoms with Crippen LogP contribution in [0.25, 0.3) is 0 Å². The second kappa shape index (κ2) is 7.20. The zero-order valence-electron chi connectivity index (χ0n) is 14.3. The van der Waals surface area contributed by atoms with Crippen molar-refractivity contribution in [1.82, 2.24) is 4.90 Å². The Labute approximate surface area is 159 Å². The SMILES string of the molecule is N#Cc1cc(OC(F)(F)F)cc2c1C(=O)N(Cc1ccc(OC(F)(F)F)cc1)C2. The number of amides is 1. The quantitative estimate of drug-likeness (QED) is 0.688. The second-order valence-corrected chi connectivity index (χ2v) is 6.02. The minimum Gasteiger partial charge on any atom is -0.406 e. The van der Waals surface area contributed by atoms with Crippen LogP contribution in [0.3, 0.4) is 0 Å². The van der Waals surface area contributed by atoms with Crippen LogP contribution in [0.2, 0.25) is 0 Å². The third kappa shape index (κ3) is 4.90. The zero-order valence-corrected chi connectivity index (χ0v) is 14.3. The molecule has 0 aliphatic carbocycles. The summed E-state index contributed by atoms with van der Waals surface area (Å²) in [5.74, 6) is -1.63. The molecule has 3 rings (SSSR count). The molecule has 0 saturated carbocycles. The number of halogens is 6.